The number of benzene rings is 4. The van der Waals surface area contributed by atoms with Crippen molar-refractivity contribution in [2.75, 3.05) is 0 Å². The highest BCUT2D eigenvalue weighted by Crippen LogP contribution is 2.19. The summed E-state index contributed by atoms with van der Waals surface area (Å²) in [6.45, 7) is 3.61. The Balaban J connectivity index is 1.34. The summed E-state index contributed by atoms with van der Waals surface area (Å²) in [5.74, 6) is -0.766. The van der Waals surface area contributed by atoms with E-state index < -0.39 is 12.2 Å². The highest BCUT2D eigenvalue weighted by molar-refractivity contribution is 5.96. The molecule has 0 aliphatic heterocycles. The number of hydrogen-bond acceptors (Lipinski definition) is 4. The average molecular weight is 412 g/mol. The third-order valence-corrected chi connectivity index (χ3v) is 5.25. The van der Waals surface area contributed by atoms with Gasteiger partial charge in [-0.2, -0.15) is 0 Å². The van der Waals surface area contributed by atoms with E-state index in [9.17, 15) is 9.59 Å². The van der Waals surface area contributed by atoms with E-state index in [2.05, 4.69) is 0 Å². The first-order valence-electron chi connectivity index (χ1n) is 10.4. The molecule has 0 unspecified atom stereocenters. The summed E-state index contributed by atoms with van der Waals surface area (Å²) in [5.41, 5.74) is 1.01. The van der Waals surface area contributed by atoms with E-state index in [1.165, 1.54) is 0 Å². The van der Waals surface area contributed by atoms with Gasteiger partial charge in [-0.3, -0.25) is 0 Å². The summed E-state index contributed by atoms with van der Waals surface area (Å²) in [7, 11) is 0. The number of hydrogen-bond donors (Lipinski definition) is 0. The van der Waals surface area contributed by atoms with Crippen molar-refractivity contribution in [3.8, 4) is 0 Å². The SMILES string of the molecule is C[C@H](C[C@@H](C)OC(=O)c1ccc2ccccc2c1)OC(=O)c1ccc2ccccc2c1. The predicted octanol–water partition coefficient (Wildman–Crippen LogP) is 6.17. The van der Waals surface area contributed by atoms with Crippen LogP contribution in [0.5, 0.6) is 0 Å². The lowest BCUT2D eigenvalue weighted by molar-refractivity contribution is 0.00765. The monoisotopic (exact) mass is 412 g/mol. The molecular weight excluding hydrogens is 388 g/mol. The molecule has 0 aliphatic carbocycles. The molecule has 0 spiro atoms. The Morgan fingerprint density at radius 2 is 1.00 bits per heavy atom. The van der Waals surface area contributed by atoms with E-state index in [0.717, 1.165) is 21.5 Å². The molecule has 0 aromatic heterocycles. The van der Waals surface area contributed by atoms with E-state index in [-0.39, 0.29) is 11.9 Å². The quantitative estimate of drug-likeness (QED) is 0.355. The second-order valence-electron chi connectivity index (χ2n) is 7.79. The second-order valence-corrected chi connectivity index (χ2v) is 7.79. The minimum Gasteiger partial charge on any atom is -0.459 e. The van der Waals surface area contributed by atoms with Crippen LogP contribution in [0, 0.1) is 0 Å². The molecule has 0 bridgehead atoms. The Labute approximate surface area is 181 Å². The van der Waals surface area contributed by atoms with E-state index in [1.807, 2.05) is 72.8 Å². The van der Waals surface area contributed by atoms with Crippen molar-refractivity contribution < 1.29 is 19.1 Å². The van der Waals surface area contributed by atoms with Gasteiger partial charge in [-0.15, -0.1) is 0 Å². The van der Waals surface area contributed by atoms with Gasteiger partial charge in [0, 0.05) is 6.42 Å². The predicted molar refractivity (Wildman–Crippen MR) is 122 cm³/mol. The van der Waals surface area contributed by atoms with Gasteiger partial charge in [0.1, 0.15) is 12.2 Å². The Morgan fingerprint density at radius 1 is 0.613 bits per heavy atom. The van der Waals surface area contributed by atoms with Crippen LogP contribution in [-0.2, 0) is 9.47 Å². The minimum atomic E-state index is -0.390. The molecule has 0 amide bonds. The molecule has 0 fully saturated rings. The summed E-state index contributed by atoms with van der Waals surface area (Å²) < 4.78 is 11.1. The topological polar surface area (TPSA) is 52.6 Å². The highest BCUT2D eigenvalue weighted by atomic mass is 16.6. The molecule has 0 radical (unpaired) electrons. The smallest absolute Gasteiger partial charge is 0.338 e. The maximum Gasteiger partial charge on any atom is 0.338 e. The summed E-state index contributed by atoms with van der Waals surface area (Å²) >= 11 is 0. The van der Waals surface area contributed by atoms with Crippen LogP contribution in [-0.4, -0.2) is 24.1 Å². The molecule has 0 saturated heterocycles. The van der Waals surface area contributed by atoms with Crippen LogP contribution >= 0.6 is 0 Å². The van der Waals surface area contributed by atoms with Gasteiger partial charge in [0.15, 0.2) is 0 Å². The van der Waals surface area contributed by atoms with Gasteiger partial charge in [0.05, 0.1) is 11.1 Å². The summed E-state index contributed by atoms with van der Waals surface area (Å²) in [6, 6.07) is 26.7. The summed E-state index contributed by atoms with van der Waals surface area (Å²) in [6.07, 6.45) is -0.365. The molecular formula is C27H24O4. The number of rotatable bonds is 6. The molecule has 0 heterocycles. The number of ether oxygens (including phenoxy) is 2. The van der Waals surface area contributed by atoms with E-state index in [4.69, 9.17) is 9.47 Å². The molecule has 2 atom stereocenters. The summed E-state index contributed by atoms with van der Waals surface area (Å²) in [4.78, 5) is 25.0. The van der Waals surface area contributed by atoms with Crippen molar-refractivity contribution in [1.82, 2.24) is 0 Å². The van der Waals surface area contributed by atoms with Gasteiger partial charge in [0.2, 0.25) is 0 Å². The van der Waals surface area contributed by atoms with Gasteiger partial charge < -0.3 is 9.47 Å². The van der Waals surface area contributed by atoms with Crippen LogP contribution in [0.15, 0.2) is 84.9 Å². The molecule has 4 nitrogen and oxygen atoms in total. The van der Waals surface area contributed by atoms with E-state index >= 15 is 0 Å². The largest absolute Gasteiger partial charge is 0.459 e. The average Bonchev–Trinajstić information content (AvgIpc) is 2.78. The van der Waals surface area contributed by atoms with Gasteiger partial charge in [-0.05, 0) is 59.7 Å². The Hall–Kier alpha value is -3.66. The van der Waals surface area contributed by atoms with Crippen molar-refractivity contribution in [3.63, 3.8) is 0 Å². The van der Waals surface area contributed by atoms with Gasteiger partial charge in [-0.1, -0.05) is 60.7 Å². The van der Waals surface area contributed by atoms with Crippen LogP contribution in [0.3, 0.4) is 0 Å². The molecule has 0 N–H and O–H groups in total. The Morgan fingerprint density at radius 3 is 1.42 bits per heavy atom. The number of esters is 2. The lowest BCUT2D eigenvalue weighted by atomic mass is 10.1. The molecule has 4 rings (SSSR count). The number of fused-ring (bicyclic) bond motifs is 2. The first-order chi connectivity index (χ1) is 15.0. The zero-order valence-corrected chi connectivity index (χ0v) is 17.6. The third kappa shape index (κ3) is 4.92. The van der Waals surface area contributed by atoms with Crippen LogP contribution < -0.4 is 0 Å². The normalized spacial score (nSPS) is 13.0. The molecule has 4 aromatic carbocycles. The van der Waals surface area contributed by atoms with Gasteiger partial charge in [0.25, 0.3) is 0 Å². The lowest BCUT2D eigenvalue weighted by Gasteiger charge is -2.19. The van der Waals surface area contributed by atoms with Gasteiger partial charge >= 0.3 is 11.9 Å². The Bertz CT molecular complexity index is 1150. The standard InChI is InChI=1S/C27H24O4/c1-18(30-26(28)24-13-11-20-7-3-5-9-22(20)16-24)15-19(2)31-27(29)25-14-12-21-8-4-6-10-23(21)17-25/h3-14,16-19H,15H2,1-2H3/t18-,19-/m1/s1. The van der Waals surface area contributed by atoms with Crippen molar-refractivity contribution in [2.45, 2.75) is 32.5 Å². The van der Waals surface area contributed by atoms with Crippen molar-refractivity contribution in [2.24, 2.45) is 0 Å². The van der Waals surface area contributed by atoms with Crippen LogP contribution in [0.2, 0.25) is 0 Å². The van der Waals surface area contributed by atoms with Crippen LogP contribution in [0.4, 0.5) is 0 Å². The molecule has 4 aromatic rings. The van der Waals surface area contributed by atoms with Crippen LogP contribution in [0.25, 0.3) is 21.5 Å². The fourth-order valence-corrected chi connectivity index (χ4v) is 3.70. The van der Waals surface area contributed by atoms with Crippen molar-refractivity contribution in [3.05, 3.63) is 96.1 Å². The maximum absolute atomic E-state index is 12.5. The first-order valence-corrected chi connectivity index (χ1v) is 10.4. The molecule has 4 heteroatoms. The zero-order valence-electron chi connectivity index (χ0n) is 17.6. The highest BCUT2D eigenvalue weighted by Gasteiger charge is 2.19. The minimum absolute atomic E-state index is 0.383. The maximum atomic E-state index is 12.5. The van der Waals surface area contributed by atoms with Crippen LogP contribution in [0.1, 0.15) is 41.0 Å². The molecule has 31 heavy (non-hydrogen) atoms. The first kappa shape index (κ1) is 20.6. The molecule has 156 valence electrons. The van der Waals surface area contributed by atoms with Crippen molar-refractivity contribution in [1.29, 1.82) is 0 Å². The fraction of sp³-hybridized carbons (Fsp3) is 0.185. The Kier molecular flexibility index (Phi) is 5.99. The van der Waals surface area contributed by atoms with Gasteiger partial charge in [-0.25, -0.2) is 9.59 Å². The fourth-order valence-electron chi connectivity index (χ4n) is 3.70. The van der Waals surface area contributed by atoms with E-state index in [1.54, 1.807) is 26.0 Å². The van der Waals surface area contributed by atoms with E-state index in [0.29, 0.717) is 17.5 Å². The number of carbonyl (C=O) groups excluding carboxylic acids is 2. The summed E-state index contributed by atoms with van der Waals surface area (Å²) in [5, 5.41) is 4.12. The number of carbonyl (C=O) groups is 2. The molecule has 0 aliphatic rings. The zero-order chi connectivity index (χ0) is 21.8. The third-order valence-electron chi connectivity index (χ3n) is 5.25. The molecule has 0 saturated carbocycles. The lowest BCUT2D eigenvalue weighted by Crippen LogP contribution is -2.23. The second kappa shape index (κ2) is 9.00. The van der Waals surface area contributed by atoms with Crippen molar-refractivity contribution >= 4 is 33.5 Å².